The highest BCUT2D eigenvalue weighted by Gasteiger charge is 2.54. The molecule has 2 aromatic heterocycles. The molecular weight excluding hydrogens is 553 g/mol. The van der Waals surface area contributed by atoms with Crippen molar-refractivity contribution in [3.8, 4) is 0 Å². The van der Waals surface area contributed by atoms with E-state index < -0.39 is 41.7 Å². The van der Waals surface area contributed by atoms with Gasteiger partial charge in [-0.05, 0) is 75.6 Å². The van der Waals surface area contributed by atoms with Crippen molar-refractivity contribution in [1.29, 1.82) is 0 Å². The van der Waals surface area contributed by atoms with Gasteiger partial charge in [0.15, 0.2) is 0 Å². The minimum absolute atomic E-state index is 0.108. The summed E-state index contributed by atoms with van der Waals surface area (Å²) < 4.78 is 18.7. The molecule has 0 bridgehead atoms. The zero-order valence-electron chi connectivity index (χ0n) is 23.4. The zero-order chi connectivity index (χ0) is 29.4. The summed E-state index contributed by atoms with van der Waals surface area (Å²) in [7, 11) is 1.45. The highest BCUT2D eigenvalue weighted by Crippen LogP contribution is 2.49. The third-order valence-corrected chi connectivity index (χ3v) is 8.30. The molecule has 0 saturated heterocycles. The second kappa shape index (κ2) is 14.2. The number of fused-ring (bicyclic) bond motifs is 1. The van der Waals surface area contributed by atoms with E-state index in [0.29, 0.717) is 32.5 Å². The van der Waals surface area contributed by atoms with Crippen LogP contribution in [0.5, 0.6) is 0 Å². The van der Waals surface area contributed by atoms with E-state index in [1.807, 2.05) is 4.90 Å². The Labute approximate surface area is 244 Å². The number of carbonyl (C=O) groups excluding carboxylic acids is 1. The number of anilines is 1. The summed E-state index contributed by atoms with van der Waals surface area (Å²) in [5.41, 5.74) is 0.842. The fourth-order valence-electron chi connectivity index (χ4n) is 5.40. The highest BCUT2D eigenvalue weighted by molar-refractivity contribution is 6.31. The number of ether oxygens (including phenoxy) is 1. The molecule has 1 aliphatic carbocycles. The molecule has 2 aliphatic rings. The Hall–Kier alpha value is -3.02. The molecule has 224 valence electrons. The van der Waals surface area contributed by atoms with Gasteiger partial charge in [0.1, 0.15) is 18.5 Å². The second-order valence-corrected chi connectivity index (χ2v) is 11.3. The summed E-state index contributed by atoms with van der Waals surface area (Å²) >= 11 is 6.23. The highest BCUT2D eigenvalue weighted by atomic mass is 35.5. The van der Waals surface area contributed by atoms with E-state index in [1.165, 1.54) is 24.9 Å². The lowest BCUT2D eigenvalue weighted by molar-refractivity contribution is -0.142. The molecule has 1 fully saturated rings. The molecule has 0 spiro atoms. The number of hydrogen-bond donors (Lipinski definition) is 4. The summed E-state index contributed by atoms with van der Waals surface area (Å²) in [4.78, 5) is 47.0. The van der Waals surface area contributed by atoms with Crippen LogP contribution in [0.3, 0.4) is 0 Å². The number of aromatic nitrogens is 2. The van der Waals surface area contributed by atoms with Crippen molar-refractivity contribution in [2.45, 2.75) is 68.9 Å². The summed E-state index contributed by atoms with van der Waals surface area (Å²) in [5.74, 6) is -0.737. The number of hydrogen-bond acceptors (Lipinski definition) is 7. The van der Waals surface area contributed by atoms with Crippen LogP contribution in [0.2, 0.25) is 5.02 Å². The normalized spacial score (nSPS) is 16.9. The molecule has 0 aromatic carbocycles. The molecule has 2 aromatic rings. The molecule has 1 amide bonds. The number of H-pyrrole nitrogens is 1. The number of unbranched alkanes of at least 4 members (excludes halogenated alkanes) is 1. The van der Waals surface area contributed by atoms with Gasteiger partial charge in [-0.2, -0.15) is 0 Å². The zero-order valence-corrected chi connectivity index (χ0v) is 24.1. The number of pyridine rings is 2. The van der Waals surface area contributed by atoms with Crippen molar-refractivity contribution in [3.63, 3.8) is 0 Å². The number of methoxy groups -OCH3 is 1. The molecule has 0 radical (unpaired) electrons. The maximum absolute atomic E-state index is 13.5. The lowest BCUT2D eigenvalue weighted by atomic mass is 9.95. The van der Waals surface area contributed by atoms with E-state index in [2.05, 4.69) is 27.8 Å². The quantitative estimate of drug-likeness (QED) is 0.219. The maximum atomic E-state index is 13.5. The number of carboxylic acid groups (broad SMARTS) is 1. The molecule has 41 heavy (non-hydrogen) atoms. The van der Waals surface area contributed by atoms with Gasteiger partial charge in [0.05, 0.1) is 22.1 Å². The molecule has 1 saturated carbocycles. The van der Waals surface area contributed by atoms with Crippen LogP contribution in [0.25, 0.3) is 0 Å². The molecule has 1 aliphatic heterocycles. The van der Waals surface area contributed by atoms with Crippen LogP contribution in [0, 0.1) is 0 Å². The number of amides is 1. The Morgan fingerprint density at radius 3 is 2.76 bits per heavy atom. The van der Waals surface area contributed by atoms with Crippen molar-refractivity contribution < 1.29 is 23.8 Å². The second-order valence-electron chi connectivity index (χ2n) is 10.9. The van der Waals surface area contributed by atoms with Gasteiger partial charge in [-0.3, -0.25) is 9.59 Å². The topological polar surface area (TPSA) is 137 Å². The lowest BCUT2D eigenvalue weighted by Crippen LogP contribution is -2.48. The largest absolute Gasteiger partial charge is 0.480 e. The van der Waals surface area contributed by atoms with E-state index >= 15 is 0 Å². The first kappa shape index (κ1) is 30.9. The molecule has 12 heteroatoms. The average Bonchev–Trinajstić information content (AvgIpc) is 3.77. The van der Waals surface area contributed by atoms with Gasteiger partial charge < -0.3 is 30.4 Å². The smallest absolute Gasteiger partial charge is 0.326 e. The number of halogens is 2. The summed E-state index contributed by atoms with van der Waals surface area (Å²) in [6.45, 7) is 1.51. The summed E-state index contributed by atoms with van der Waals surface area (Å²) in [5, 5.41) is 16.0. The van der Waals surface area contributed by atoms with Crippen LogP contribution in [0.4, 0.5) is 10.2 Å². The summed E-state index contributed by atoms with van der Waals surface area (Å²) in [6.07, 6.45) is 6.31. The van der Waals surface area contributed by atoms with Crippen molar-refractivity contribution in [1.82, 2.24) is 20.2 Å². The Kier molecular flexibility index (Phi) is 10.7. The first-order chi connectivity index (χ1) is 19.8. The predicted molar refractivity (Wildman–Crippen MR) is 154 cm³/mol. The van der Waals surface area contributed by atoms with E-state index in [4.69, 9.17) is 21.3 Å². The van der Waals surface area contributed by atoms with Crippen molar-refractivity contribution in [3.05, 3.63) is 56.6 Å². The monoisotopic (exact) mass is 591 g/mol. The summed E-state index contributed by atoms with van der Waals surface area (Å²) in [6, 6.07) is 4.53. The van der Waals surface area contributed by atoms with Gasteiger partial charge in [0.2, 0.25) is 5.91 Å². The molecule has 4 rings (SSSR count). The Morgan fingerprint density at radius 1 is 1.27 bits per heavy atom. The lowest BCUT2D eigenvalue weighted by Gasteiger charge is -2.27. The van der Waals surface area contributed by atoms with Crippen LogP contribution in [0.1, 0.15) is 55.3 Å². The van der Waals surface area contributed by atoms with Gasteiger partial charge in [0.25, 0.3) is 5.56 Å². The van der Waals surface area contributed by atoms with Crippen LogP contribution >= 0.6 is 11.6 Å². The minimum atomic E-state index is -1.18. The molecule has 4 N–H and O–H groups in total. The molecule has 10 nitrogen and oxygen atoms in total. The Bertz CT molecular complexity index is 1270. The first-order valence-corrected chi connectivity index (χ1v) is 14.6. The average molecular weight is 592 g/mol. The fraction of sp³-hybridized carbons (Fsp3) is 0.586. The number of aryl methyl sites for hydroxylation is 2. The Balaban J connectivity index is 1.34. The van der Waals surface area contributed by atoms with Crippen molar-refractivity contribution >= 4 is 29.3 Å². The van der Waals surface area contributed by atoms with Gasteiger partial charge >= 0.3 is 5.97 Å². The molecular formula is C29H39ClFN5O5. The number of alkyl halides is 1. The Morgan fingerprint density at radius 2 is 2.07 bits per heavy atom. The van der Waals surface area contributed by atoms with E-state index in [9.17, 15) is 23.9 Å². The molecule has 0 unspecified atom stereocenters. The van der Waals surface area contributed by atoms with Gasteiger partial charge in [-0.15, -0.1) is 0 Å². The number of carbonyl (C=O) groups is 2. The fourth-order valence-corrected chi connectivity index (χ4v) is 5.73. The minimum Gasteiger partial charge on any atom is -0.480 e. The predicted octanol–water partition coefficient (Wildman–Crippen LogP) is 3.08. The van der Waals surface area contributed by atoms with Crippen LogP contribution in [-0.4, -0.2) is 84.0 Å². The van der Waals surface area contributed by atoms with Gasteiger partial charge in [-0.25, -0.2) is 14.2 Å². The van der Waals surface area contributed by atoms with Crippen LogP contribution in [0.15, 0.2) is 29.2 Å². The van der Waals surface area contributed by atoms with Gasteiger partial charge in [-0.1, -0.05) is 17.7 Å². The van der Waals surface area contributed by atoms with Crippen LogP contribution in [-0.2, 0) is 32.6 Å². The number of carboxylic acids is 1. The number of nitrogens with zero attached hydrogens (tertiary/aromatic N) is 2. The van der Waals surface area contributed by atoms with E-state index in [0.717, 1.165) is 50.2 Å². The van der Waals surface area contributed by atoms with E-state index in [-0.39, 0.29) is 17.0 Å². The number of nitrogens with one attached hydrogen (secondary N) is 3. The van der Waals surface area contributed by atoms with Crippen molar-refractivity contribution in [2.75, 3.05) is 45.3 Å². The number of aliphatic carboxylic acids is 1. The standard InChI is InChI=1S/C29H39ClFN5O5/c1-41-21(17-31)18-36(15-3-2-6-20-8-7-19-5-4-13-32-25(19)34-20)16-10-23(27(38)39)35-28(40)29(11-12-29)24-22(30)9-14-33-26(24)37/h7-9,14,21,23H,2-6,10-13,15-18H2,1H3,(H,32,34)(H,33,37)(H,35,40)(H,38,39)/t21-,23+/m1/s1. The third kappa shape index (κ3) is 7.84. The maximum Gasteiger partial charge on any atom is 0.326 e. The number of rotatable bonds is 16. The third-order valence-electron chi connectivity index (χ3n) is 7.99. The first-order valence-electron chi connectivity index (χ1n) is 14.2. The van der Waals surface area contributed by atoms with Crippen LogP contribution < -0.4 is 16.2 Å². The molecule has 2 atom stereocenters. The van der Waals surface area contributed by atoms with E-state index in [1.54, 1.807) is 0 Å². The number of aromatic amines is 1. The SMILES string of the molecule is CO[C@H](CF)CN(CCCCc1ccc2c(n1)NCCC2)CC[C@H](NC(=O)C1(c2c(Cl)cc[nH]c2=O)CC1)C(=O)O. The van der Waals surface area contributed by atoms with Crippen molar-refractivity contribution in [2.24, 2.45) is 0 Å². The van der Waals surface area contributed by atoms with Gasteiger partial charge in [0, 0.05) is 38.6 Å². The molecule has 3 heterocycles.